The first kappa shape index (κ1) is 25.5. The van der Waals surface area contributed by atoms with Crippen molar-refractivity contribution in [3.63, 3.8) is 0 Å². The number of piperidine rings is 1. The summed E-state index contributed by atoms with van der Waals surface area (Å²) >= 11 is 6.46. The summed E-state index contributed by atoms with van der Waals surface area (Å²) in [5.41, 5.74) is 3.72. The van der Waals surface area contributed by atoms with E-state index in [9.17, 15) is 4.39 Å². The van der Waals surface area contributed by atoms with E-state index in [1.807, 2.05) is 6.92 Å². The third-order valence-corrected chi connectivity index (χ3v) is 6.71. The Hall–Kier alpha value is -4.13. The van der Waals surface area contributed by atoms with Crippen molar-refractivity contribution >= 4 is 33.5 Å². The van der Waals surface area contributed by atoms with Crippen molar-refractivity contribution in [3.8, 4) is 29.0 Å². The van der Waals surface area contributed by atoms with Crippen molar-refractivity contribution in [1.29, 1.82) is 5.26 Å². The molecule has 8 nitrogen and oxygen atoms in total. The van der Waals surface area contributed by atoms with Crippen molar-refractivity contribution < 1.29 is 9.13 Å². The number of ether oxygens (including phenoxy) is 1. The maximum atomic E-state index is 14.8. The summed E-state index contributed by atoms with van der Waals surface area (Å²) in [4.78, 5) is 19.9. The van der Waals surface area contributed by atoms with Crippen LogP contribution >= 0.6 is 11.6 Å². The Balaban J connectivity index is 0.000000278. The molecule has 0 unspecified atom stereocenters. The van der Waals surface area contributed by atoms with Gasteiger partial charge in [0.15, 0.2) is 0 Å². The summed E-state index contributed by atoms with van der Waals surface area (Å²) in [6.07, 6.45) is 7.96. The molecule has 1 saturated heterocycles. The molecule has 0 atom stereocenters. The van der Waals surface area contributed by atoms with Crippen LogP contribution in [0.15, 0.2) is 55.1 Å². The number of hydrogen-bond acceptors (Lipinski definition) is 7. The number of pyridine rings is 1. The highest BCUT2D eigenvalue weighted by Crippen LogP contribution is 2.36. The van der Waals surface area contributed by atoms with E-state index in [2.05, 4.69) is 36.3 Å². The molecule has 0 spiro atoms. The van der Waals surface area contributed by atoms with Gasteiger partial charge in [0, 0.05) is 47.0 Å². The van der Waals surface area contributed by atoms with Gasteiger partial charge in [0.1, 0.15) is 11.6 Å². The summed E-state index contributed by atoms with van der Waals surface area (Å²) in [6.45, 7) is 4.05. The molecule has 2 N–H and O–H groups in total. The zero-order valence-electron chi connectivity index (χ0n) is 20.7. The number of imidazole rings is 1. The largest absolute Gasteiger partial charge is 0.424 e. The maximum absolute atomic E-state index is 14.8. The Labute approximate surface area is 223 Å². The molecule has 0 amide bonds. The molecule has 1 aliphatic heterocycles. The highest BCUT2D eigenvalue weighted by Gasteiger charge is 2.15. The minimum absolute atomic E-state index is 0.220. The SMILES string of the molecule is Cc1ccnc(Oc2ccc(-c3cc4c(cc3F)ncc3[nH]cnc34)c(Cl)c2)n1.N#CCC1CCNCC1. The number of aromatic nitrogens is 5. The average Bonchev–Trinajstić information content (AvgIpc) is 3.40. The van der Waals surface area contributed by atoms with Gasteiger partial charge < -0.3 is 15.0 Å². The second kappa shape index (κ2) is 11.5. The molecule has 4 heterocycles. The van der Waals surface area contributed by atoms with E-state index >= 15 is 0 Å². The minimum atomic E-state index is -0.419. The molecule has 38 heavy (non-hydrogen) atoms. The van der Waals surface area contributed by atoms with Gasteiger partial charge in [-0.2, -0.15) is 5.26 Å². The van der Waals surface area contributed by atoms with Crippen LogP contribution in [0.5, 0.6) is 11.8 Å². The molecule has 0 saturated carbocycles. The van der Waals surface area contributed by atoms with Crippen LogP contribution in [0.2, 0.25) is 5.02 Å². The van der Waals surface area contributed by atoms with E-state index in [0.717, 1.165) is 41.6 Å². The van der Waals surface area contributed by atoms with E-state index in [1.54, 1.807) is 49.1 Å². The van der Waals surface area contributed by atoms with Gasteiger partial charge in [0.2, 0.25) is 0 Å². The zero-order chi connectivity index (χ0) is 26.5. The van der Waals surface area contributed by atoms with Crippen molar-refractivity contribution in [2.45, 2.75) is 26.2 Å². The number of H-pyrrole nitrogens is 1. The Morgan fingerprint density at radius 1 is 1.11 bits per heavy atom. The summed E-state index contributed by atoms with van der Waals surface area (Å²) in [5.74, 6) is 0.718. The smallest absolute Gasteiger partial charge is 0.322 e. The molecule has 1 fully saturated rings. The second-order valence-electron chi connectivity index (χ2n) is 9.05. The predicted molar refractivity (Wildman–Crippen MR) is 144 cm³/mol. The number of aromatic amines is 1. The van der Waals surface area contributed by atoms with Crippen LogP contribution in [0.4, 0.5) is 4.39 Å². The number of halogens is 2. The van der Waals surface area contributed by atoms with E-state index < -0.39 is 5.82 Å². The average molecular weight is 530 g/mol. The molecular weight excluding hydrogens is 505 g/mol. The van der Waals surface area contributed by atoms with Gasteiger partial charge in [-0.25, -0.2) is 19.3 Å². The molecular formula is C28H25ClFN7O. The van der Waals surface area contributed by atoms with Gasteiger partial charge in [0.05, 0.1) is 40.2 Å². The number of aryl methyl sites for hydroxylation is 1. The fourth-order valence-electron chi connectivity index (χ4n) is 4.39. The second-order valence-corrected chi connectivity index (χ2v) is 9.46. The number of nitrogens with one attached hydrogen (secondary N) is 2. The first-order valence-electron chi connectivity index (χ1n) is 12.3. The Morgan fingerprint density at radius 2 is 1.95 bits per heavy atom. The maximum Gasteiger partial charge on any atom is 0.322 e. The van der Waals surface area contributed by atoms with Crippen molar-refractivity contribution in [3.05, 3.63) is 71.7 Å². The number of benzene rings is 2. The highest BCUT2D eigenvalue weighted by molar-refractivity contribution is 6.33. The van der Waals surface area contributed by atoms with E-state index in [1.165, 1.54) is 18.9 Å². The third kappa shape index (κ3) is 5.72. The first-order valence-corrected chi connectivity index (χ1v) is 12.7. The standard InChI is InChI=1S/C21H13ClFN5O.C7H12N2/c1-11-4-5-24-21(28-11)29-12-2-3-13(16(22)6-12)14-7-15-18(8-17(14)23)25-9-19-20(15)27-10-26-19;8-4-1-7-2-5-9-6-3-7/h2-10H,1H3,(H,26,27);7,9H,1-3,5-6H2. The molecule has 5 aromatic rings. The van der Waals surface area contributed by atoms with Gasteiger partial charge in [-0.15, -0.1) is 0 Å². The summed E-state index contributed by atoms with van der Waals surface area (Å²) in [6, 6.07) is 12.3. The summed E-state index contributed by atoms with van der Waals surface area (Å²) in [5, 5.41) is 12.7. The lowest BCUT2D eigenvalue weighted by Gasteiger charge is -2.19. The summed E-state index contributed by atoms with van der Waals surface area (Å²) < 4.78 is 20.5. The van der Waals surface area contributed by atoms with E-state index in [0.29, 0.717) is 33.3 Å². The zero-order valence-corrected chi connectivity index (χ0v) is 21.5. The molecule has 0 aliphatic carbocycles. The van der Waals surface area contributed by atoms with Gasteiger partial charge in [-0.3, -0.25) is 4.98 Å². The fraction of sp³-hybridized carbons (Fsp3) is 0.250. The number of nitrogens with zero attached hydrogens (tertiary/aromatic N) is 5. The van der Waals surface area contributed by atoms with Gasteiger partial charge in [-0.1, -0.05) is 11.6 Å². The van der Waals surface area contributed by atoms with E-state index in [-0.39, 0.29) is 6.01 Å². The monoisotopic (exact) mass is 529 g/mol. The Morgan fingerprint density at radius 3 is 2.71 bits per heavy atom. The number of rotatable bonds is 4. The predicted octanol–water partition coefficient (Wildman–Crippen LogP) is 6.36. The van der Waals surface area contributed by atoms with Crippen molar-refractivity contribution in [1.82, 2.24) is 30.2 Å². The lowest BCUT2D eigenvalue weighted by atomic mass is 9.96. The molecule has 3 aromatic heterocycles. The molecule has 192 valence electrons. The van der Waals surface area contributed by atoms with Crippen LogP contribution in [-0.4, -0.2) is 38.0 Å². The minimum Gasteiger partial charge on any atom is -0.424 e. The number of fused-ring (bicyclic) bond motifs is 3. The molecule has 0 bridgehead atoms. The third-order valence-electron chi connectivity index (χ3n) is 6.39. The summed E-state index contributed by atoms with van der Waals surface area (Å²) in [7, 11) is 0. The highest BCUT2D eigenvalue weighted by atomic mass is 35.5. The number of hydrogen-bond donors (Lipinski definition) is 2. The normalized spacial score (nSPS) is 13.6. The molecule has 1 aliphatic rings. The lowest BCUT2D eigenvalue weighted by molar-refractivity contribution is 0.380. The lowest BCUT2D eigenvalue weighted by Crippen LogP contribution is -2.27. The molecule has 10 heteroatoms. The Kier molecular flexibility index (Phi) is 7.73. The quantitative estimate of drug-likeness (QED) is 0.278. The van der Waals surface area contributed by atoms with Crippen LogP contribution in [0.25, 0.3) is 33.1 Å². The van der Waals surface area contributed by atoms with Crippen LogP contribution < -0.4 is 10.1 Å². The molecule has 2 aromatic carbocycles. The topological polar surface area (TPSA) is 112 Å². The van der Waals surface area contributed by atoms with Gasteiger partial charge in [0.25, 0.3) is 0 Å². The first-order chi connectivity index (χ1) is 18.5. The van der Waals surface area contributed by atoms with Crippen LogP contribution in [-0.2, 0) is 0 Å². The van der Waals surface area contributed by atoms with Crippen LogP contribution in [0, 0.1) is 30.0 Å². The van der Waals surface area contributed by atoms with Crippen LogP contribution in [0.3, 0.4) is 0 Å². The van der Waals surface area contributed by atoms with Crippen LogP contribution in [0.1, 0.15) is 25.0 Å². The van der Waals surface area contributed by atoms with E-state index in [4.69, 9.17) is 21.6 Å². The van der Waals surface area contributed by atoms with Crippen molar-refractivity contribution in [2.75, 3.05) is 13.1 Å². The molecule has 0 radical (unpaired) electrons. The van der Waals surface area contributed by atoms with Gasteiger partial charge in [-0.05, 0) is 63.0 Å². The van der Waals surface area contributed by atoms with Crippen molar-refractivity contribution in [2.24, 2.45) is 5.92 Å². The Bertz CT molecular complexity index is 1630. The molecule has 6 rings (SSSR count). The number of nitriles is 1. The fourth-order valence-corrected chi connectivity index (χ4v) is 4.66. The van der Waals surface area contributed by atoms with Gasteiger partial charge >= 0.3 is 6.01 Å².